The van der Waals surface area contributed by atoms with E-state index in [1.54, 1.807) is 6.07 Å². The van der Waals surface area contributed by atoms with Crippen LogP contribution in [0.5, 0.6) is 0 Å². The van der Waals surface area contributed by atoms with Crippen LogP contribution in [-0.2, 0) is 0 Å². The lowest BCUT2D eigenvalue weighted by atomic mass is 10.1. The summed E-state index contributed by atoms with van der Waals surface area (Å²) in [5.74, 6) is 0.267. The Bertz CT molecular complexity index is 711. The molecule has 3 rings (SSSR count). The van der Waals surface area contributed by atoms with Crippen molar-refractivity contribution < 1.29 is 0 Å². The summed E-state index contributed by atoms with van der Waals surface area (Å²) in [6.45, 7) is 0. The molecular weight excluding hydrogens is 246 g/mol. The average molecular weight is 256 g/mol. The van der Waals surface area contributed by atoms with Crippen molar-refractivity contribution in [1.82, 2.24) is 9.97 Å². The molecule has 1 aromatic heterocycles. The highest BCUT2D eigenvalue weighted by Crippen LogP contribution is 2.28. The van der Waals surface area contributed by atoms with Crippen molar-refractivity contribution in [3.05, 3.63) is 53.6 Å². The average Bonchev–Trinajstić information content (AvgIpc) is 2.39. The van der Waals surface area contributed by atoms with E-state index in [1.165, 1.54) is 0 Å². The number of fused-ring (bicyclic) bond motifs is 1. The van der Waals surface area contributed by atoms with Gasteiger partial charge in [-0.15, -0.1) is 0 Å². The van der Waals surface area contributed by atoms with E-state index in [2.05, 4.69) is 9.97 Å². The summed E-state index contributed by atoms with van der Waals surface area (Å²) in [7, 11) is 0. The van der Waals surface area contributed by atoms with Gasteiger partial charge in [-0.25, -0.2) is 9.97 Å². The number of hydrogen-bond donors (Lipinski definition) is 1. The van der Waals surface area contributed by atoms with Crippen LogP contribution in [0.2, 0.25) is 5.02 Å². The molecule has 0 fully saturated rings. The van der Waals surface area contributed by atoms with Gasteiger partial charge in [0, 0.05) is 16.0 Å². The molecule has 0 bridgehead atoms. The van der Waals surface area contributed by atoms with Gasteiger partial charge in [0.05, 0.1) is 11.2 Å². The number of nitrogens with two attached hydrogens (primary N) is 1. The first-order valence-electron chi connectivity index (χ1n) is 5.52. The van der Waals surface area contributed by atoms with Gasteiger partial charge in [0.2, 0.25) is 5.95 Å². The van der Waals surface area contributed by atoms with Crippen molar-refractivity contribution in [2.24, 2.45) is 0 Å². The van der Waals surface area contributed by atoms with Gasteiger partial charge in [-0.1, -0.05) is 41.9 Å². The lowest BCUT2D eigenvalue weighted by Crippen LogP contribution is -1.98. The second-order valence-electron chi connectivity index (χ2n) is 3.96. The molecule has 0 aliphatic carbocycles. The van der Waals surface area contributed by atoms with Crippen LogP contribution in [0.4, 0.5) is 5.95 Å². The molecule has 1 heterocycles. The van der Waals surface area contributed by atoms with Gasteiger partial charge in [0.25, 0.3) is 0 Å². The van der Waals surface area contributed by atoms with Gasteiger partial charge < -0.3 is 5.73 Å². The van der Waals surface area contributed by atoms with Gasteiger partial charge in [0.15, 0.2) is 0 Å². The number of benzene rings is 2. The molecule has 2 aromatic carbocycles. The Morgan fingerprint density at radius 3 is 2.50 bits per heavy atom. The van der Waals surface area contributed by atoms with Crippen molar-refractivity contribution in [3.63, 3.8) is 0 Å². The predicted molar refractivity (Wildman–Crippen MR) is 74.4 cm³/mol. The van der Waals surface area contributed by atoms with E-state index >= 15 is 0 Å². The fourth-order valence-corrected chi connectivity index (χ4v) is 2.11. The van der Waals surface area contributed by atoms with Crippen molar-refractivity contribution >= 4 is 28.5 Å². The molecule has 0 aliphatic rings. The standard InChI is InChI=1S/C14H10ClN3/c15-10-6-7-12-11(8-10)13(18-14(16)17-12)9-4-2-1-3-5-9/h1-8H,(H2,16,17,18). The molecule has 0 amide bonds. The Labute approximate surface area is 109 Å². The summed E-state index contributed by atoms with van der Waals surface area (Å²) in [6.07, 6.45) is 0. The van der Waals surface area contributed by atoms with Gasteiger partial charge in [0.1, 0.15) is 0 Å². The Hall–Kier alpha value is -2.13. The van der Waals surface area contributed by atoms with Gasteiger partial charge in [-0.3, -0.25) is 0 Å². The maximum atomic E-state index is 6.03. The Morgan fingerprint density at radius 1 is 0.944 bits per heavy atom. The number of nitrogen functional groups attached to an aromatic ring is 1. The largest absolute Gasteiger partial charge is 0.368 e. The van der Waals surface area contributed by atoms with Crippen molar-refractivity contribution in [3.8, 4) is 11.3 Å². The van der Waals surface area contributed by atoms with E-state index in [0.29, 0.717) is 5.02 Å². The van der Waals surface area contributed by atoms with Gasteiger partial charge in [-0.05, 0) is 18.2 Å². The second kappa shape index (κ2) is 4.27. The van der Waals surface area contributed by atoms with Crippen LogP contribution in [-0.4, -0.2) is 9.97 Å². The molecule has 0 atom stereocenters. The molecular formula is C14H10ClN3. The highest BCUT2D eigenvalue weighted by Gasteiger charge is 2.08. The van der Waals surface area contributed by atoms with Gasteiger partial charge >= 0.3 is 0 Å². The number of halogens is 1. The first-order chi connectivity index (χ1) is 8.74. The SMILES string of the molecule is Nc1nc(-c2ccccc2)c2cc(Cl)ccc2n1. The number of rotatable bonds is 1. The highest BCUT2D eigenvalue weighted by atomic mass is 35.5. The summed E-state index contributed by atoms with van der Waals surface area (Å²) < 4.78 is 0. The third-order valence-corrected chi connectivity index (χ3v) is 2.96. The first-order valence-corrected chi connectivity index (χ1v) is 5.90. The van der Waals surface area contributed by atoms with E-state index in [4.69, 9.17) is 17.3 Å². The van der Waals surface area contributed by atoms with E-state index in [-0.39, 0.29) is 5.95 Å². The first kappa shape index (κ1) is 11.0. The van der Waals surface area contributed by atoms with E-state index in [9.17, 15) is 0 Å². The molecule has 0 radical (unpaired) electrons. The quantitative estimate of drug-likeness (QED) is 0.724. The smallest absolute Gasteiger partial charge is 0.221 e. The lowest BCUT2D eigenvalue weighted by Gasteiger charge is -2.07. The highest BCUT2D eigenvalue weighted by molar-refractivity contribution is 6.31. The summed E-state index contributed by atoms with van der Waals surface area (Å²) in [6, 6.07) is 15.4. The molecule has 2 N–H and O–H groups in total. The number of aromatic nitrogens is 2. The topological polar surface area (TPSA) is 51.8 Å². The van der Waals surface area contributed by atoms with Crippen LogP contribution >= 0.6 is 11.6 Å². The molecule has 0 unspecified atom stereocenters. The van der Waals surface area contributed by atoms with Gasteiger partial charge in [-0.2, -0.15) is 0 Å². The van der Waals surface area contributed by atoms with Crippen LogP contribution in [0.3, 0.4) is 0 Å². The Balaban J connectivity index is 2.37. The minimum Gasteiger partial charge on any atom is -0.368 e. The van der Waals surface area contributed by atoms with Crippen LogP contribution in [0.1, 0.15) is 0 Å². The zero-order chi connectivity index (χ0) is 12.5. The Morgan fingerprint density at radius 2 is 1.72 bits per heavy atom. The molecule has 3 nitrogen and oxygen atoms in total. The zero-order valence-corrected chi connectivity index (χ0v) is 10.2. The molecule has 0 saturated carbocycles. The minimum absolute atomic E-state index is 0.267. The fraction of sp³-hybridized carbons (Fsp3) is 0. The lowest BCUT2D eigenvalue weighted by molar-refractivity contribution is 1.24. The van der Waals surface area contributed by atoms with Crippen molar-refractivity contribution in [2.45, 2.75) is 0 Å². The summed E-state index contributed by atoms with van der Waals surface area (Å²) in [5, 5.41) is 1.57. The Kier molecular flexibility index (Phi) is 2.61. The number of nitrogens with zero attached hydrogens (tertiary/aromatic N) is 2. The van der Waals surface area contributed by atoms with E-state index in [1.807, 2.05) is 42.5 Å². The zero-order valence-electron chi connectivity index (χ0n) is 9.47. The molecule has 88 valence electrons. The molecule has 3 aromatic rings. The summed E-state index contributed by atoms with van der Waals surface area (Å²) in [5.41, 5.74) is 8.35. The molecule has 18 heavy (non-hydrogen) atoms. The molecule has 4 heteroatoms. The van der Waals surface area contributed by atoms with E-state index < -0.39 is 0 Å². The second-order valence-corrected chi connectivity index (χ2v) is 4.39. The summed E-state index contributed by atoms with van der Waals surface area (Å²) in [4.78, 5) is 8.53. The number of anilines is 1. The minimum atomic E-state index is 0.267. The van der Waals surface area contributed by atoms with Crippen LogP contribution in [0, 0.1) is 0 Å². The van der Waals surface area contributed by atoms with E-state index in [0.717, 1.165) is 22.2 Å². The third kappa shape index (κ3) is 1.89. The molecule has 0 aliphatic heterocycles. The fourth-order valence-electron chi connectivity index (χ4n) is 1.93. The van der Waals surface area contributed by atoms with Crippen molar-refractivity contribution in [2.75, 3.05) is 5.73 Å². The normalized spacial score (nSPS) is 10.7. The van der Waals surface area contributed by atoms with Crippen molar-refractivity contribution in [1.29, 1.82) is 0 Å². The van der Waals surface area contributed by atoms with Crippen LogP contribution < -0.4 is 5.73 Å². The monoisotopic (exact) mass is 255 g/mol. The van der Waals surface area contributed by atoms with Crippen LogP contribution in [0.25, 0.3) is 22.2 Å². The molecule has 0 saturated heterocycles. The molecule has 0 spiro atoms. The van der Waals surface area contributed by atoms with Crippen LogP contribution in [0.15, 0.2) is 48.5 Å². The predicted octanol–water partition coefficient (Wildman–Crippen LogP) is 3.53. The summed E-state index contributed by atoms with van der Waals surface area (Å²) >= 11 is 6.03. The number of hydrogen-bond acceptors (Lipinski definition) is 3. The third-order valence-electron chi connectivity index (χ3n) is 2.72. The maximum Gasteiger partial charge on any atom is 0.221 e. The maximum absolute atomic E-state index is 6.03.